The summed E-state index contributed by atoms with van der Waals surface area (Å²) in [6.45, 7) is 0.998. The molecule has 5 nitrogen and oxygen atoms in total. The SMILES string of the molecule is O=C(CCCOc1ccccc1F)NCC1CCC(c2ncc(Cl)cc2-c2ccncc2)CC1. The number of hydrogen-bond donors (Lipinski definition) is 1. The second-order valence-corrected chi connectivity index (χ2v) is 9.16. The third kappa shape index (κ3) is 6.54. The van der Waals surface area contributed by atoms with Gasteiger partial charge in [-0.05, 0) is 73.9 Å². The van der Waals surface area contributed by atoms with Gasteiger partial charge in [0.25, 0.3) is 0 Å². The Bertz CT molecular complexity index is 1090. The second kappa shape index (κ2) is 11.9. The number of ether oxygens (including phenoxy) is 1. The summed E-state index contributed by atoms with van der Waals surface area (Å²) in [7, 11) is 0. The lowest BCUT2D eigenvalue weighted by atomic mass is 9.78. The van der Waals surface area contributed by atoms with E-state index in [4.69, 9.17) is 16.3 Å². The minimum atomic E-state index is -0.385. The van der Waals surface area contributed by atoms with Crippen LogP contribution in [-0.4, -0.2) is 29.0 Å². The zero-order chi connectivity index (χ0) is 23.8. The standard InChI is InChI=1S/C27H29ClFN3O2/c28-22-16-23(20-11-13-30-14-12-20)27(32-18-22)21-9-7-19(8-10-21)17-31-26(33)6-3-15-34-25-5-2-1-4-24(25)29/h1-2,4-5,11-14,16,18-19,21H,3,6-10,15,17H2,(H,31,33). The Morgan fingerprint density at radius 3 is 2.65 bits per heavy atom. The lowest BCUT2D eigenvalue weighted by Crippen LogP contribution is -2.31. The van der Waals surface area contributed by atoms with Crippen LogP contribution in [0.3, 0.4) is 0 Å². The number of pyridine rings is 2. The molecule has 0 spiro atoms. The highest BCUT2D eigenvalue weighted by atomic mass is 35.5. The maximum absolute atomic E-state index is 13.5. The number of halogens is 2. The molecule has 1 amide bonds. The average Bonchev–Trinajstić information content (AvgIpc) is 2.87. The van der Waals surface area contributed by atoms with Crippen LogP contribution in [0, 0.1) is 11.7 Å². The first-order valence-electron chi connectivity index (χ1n) is 11.8. The van der Waals surface area contributed by atoms with Crippen LogP contribution < -0.4 is 10.1 Å². The number of aromatic nitrogens is 2. The highest BCUT2D eigenvalue weighted by Crippen LogP contribution is 2.39. The van der Waals surface area contributed by atoms with Crippen molar-refractivity contribution in [1.29, 1.82) is 0 Å². The van der Waals surface area contributed by atoms with Crippen LogP contribution in [0.2, 0.25) is 5.02 Å². The highest BCUT2D eigenvalue weighted by Gasteiger charge is 2.26. The number of carbonyl (C=O) groups is 1. The lowest BCUT2D eigenvalue weighted by molar-refractivity contribution is -0.121. The van der Waals surface area contributed by atoms with Crippen LogP contribution in [0.5, 0.6) is 5.75 Å². The van der Waals surface area contributed by atoms with Gasteiger partial charge in [0.15, 0.2) is 11.6 Å². The number of para-hydroxylation sites is 1. The Labute approximate surface area is 204 Å². The molecular formula is C27H29ClFN3O2. The van der Waals surface area contributed by atoms with Gasteiger partial charge in [-0.3, -0.25) is 14.8 Å². The van der Waals surface area contributed by atoms with Crippen molar-refractivity contribution in [3.05, 3.63) is 77.6 Å². The van der Waals surface area contributed by atoms with E-state index in [0.29, 0.717) is 42.9 Å². The molecule has 1 aliphatic rings. The zero-order valence-corrected chi connectivity index (χ0v) is 19.8. The van der Waals surface area contributed by atoms with Crippen molar-refractivity contribution in [2.45, 2.75) is 44.4 Å². The van der Waals surface area contributed by atoms with E-state index in [1.807, 2.05) is 18.2 Å². The summed E-state index contributed by atoms with van der Waals surface area (Å²) in [6.07, 6.45) is 10.4. The Balaban J connectivity index is 1.21. The molecule has 0 bridgehead atoms. The molecule has 4 rings (SSSR count). The fraction of sp³-hybridized carbons (Fsp3) is 0.370. The minimum Gasteiger partial charge on any atom is -0.491 e. The normalized spacial score (nSPS) is 17.8. The quantitative estimate of drug-likeness (QED) is 0.370. The Morgan fingerprint density at radius 2 is 1.88 bits per heavy atom. The van der Waals surface area contributed by atoms with Crippen molar-refractivity contribution in [1.82, 2.24) is 15.3 Å². The predicted octanol–water partition coefficient (Wildman–Crippen LogP) is 6.19. The predicted molar refractivity (Wildman–Crippen MR) is 131 cm³/mol. The molecule has 1 aliphatic carbocycles. The average molecular weight is 482 g/mol. The van der Waals surface area contributed by atoms with Crippen LogP contribution >= 0.6 is 11.6 Å². The van der Waals surface area contributed by atoms with Crippen molar-refractivity contribution in [2.75, 3.05) is 13.2 Å². The van der Waals surface area contributed by atoms with E-state index in [1.165, 1.54) is 6.07 Å². The number of nitrogens with one attached hydrogen (secondary N) is 1. The Morgan fingerprint density at radius 1 is 1.12 bits per heavy atom. The lowest BCUT2D eigenvalue weighted by Gasteiger charge is -2.29. The van der Waals surface area contributed by atoms with Gasteiger partial charge in [0.2, 0.25) is 5.91 Å². The molecule has 0 radical (unpaired) electrons. The first kappa shape index (κ1) is 24.1. The molecule has 1 N–H and O–H groups in total. The molecule has 0 atom stereocenters. The van der Waals surface area contributed by atoms with Gasteiger partial charge in [0.05, 0.1) is 17.3 Å². The summed E-state index contributed by atoms with van der Waals surface area (Å²) >= 11 is 6.24. The van der Waals surface area contributed by atoms with Crippen molar-refractivity contribution in [3.8, 4) is 16.9 Å². The Hall–Kier alpha value is -2.99. The molecule has 2 aromatic heterocycles. The van der Waals surface area contributed by atoms with E-state index in [1.54, 1.807) is 36.8 Å². The topological polar surface area (TPSA) is 64.1 Å². The van der Waals surface area contributed by atoms with Gasteiger partial charge < -0.3 is 10.1 Å². The summed E-state index contributed by atoms with van der Waals surface area (Å²) in [5.41, 5.74) is 3.24. The van der Waals surface area contributed by atoms with Gasteiger partial charge in [-0.25, -0.2) is 4.39 Å². The van der Waals surface area contributed by atoms with Gasteiger partial charge in [0, 0.05) is 43.0 Å². The number of benzene rings is 1. The third-order valence-corrected chi connectivity index (χ3v) is 6.55. The number of amides is 1. The molecular weight excluding hydrogens is 453 g/mol. The molecule has 34 heavy (non-hydrogen) atoms. The van der Waals surface area contributed by atoms with E-state index >= 15 is 0 Å². The molecule has 1 saturated carbocycles. The minimum absolute atomic E-state index is 0.0126. The molecule has 0 aliphatic heterocycles. The van der Waals surface area contributed by atoms with Gasteiger partial charge in [0.1, 0.15) is 0 Å². The van der Waals surface area contributed by atoms with Crippen molar-refractivity contribution in [2.24, 2.45) is 5.92 Å². The van der Waals surface area contributed by atoms with E-state index in [-0.39, 0.29) is 17.5 Å². The molecule has 1 fully saturated rings. The van der Waals surface area contributed by atoms with E-state index in [9.17, 15) is 9.18 Å². The number of rotatable bonds is 9. The summed E-state index contributed by atoms with van der Waals surface area (Å²) in [6, 6.07) is 12.3. The highest BCUT2D eigenvalue weighted by molar-refractivity contribution is 6.30. The number of nitrogens with zero attached hydrogens (tertiary/aromatic N) is 2. The number of hydrogen-bond acceptors (Lipinski definition) is 4. The van der Waals surface area contributed by atoms with Crippen LogP contribution in [0.4, 0.5) is 4.39 Å². The zero-order valence-electron chi connectivity index (χ0n) is 19.1. The maximum Gasteiger partial charge on any atom is 0.220 e. The summed E-state index contributed by atoms with van der Waals surface area (Å²) in [5.74, 6) is 0.694. The molecule has 0 unspecified atom stereocenters. The van der Waals surface area contributed by atoms with Crippen molar-refractivity contribution in [3.63, 3.8) is 0 Å². The molecule has 3 aromatic rings. The first-order chi connectivity index (χ1) is 16.6. The summed E-state index contributed by atoms with van der Waals surface area (Å²) in [5, 5.41) is 3.68. The largest absolute Gasteiger partial charge is 0.491 e. The van der Waals surface area contributed by atoms with Crippen LogP contribution in [0.1, 0.15) is 50.1 Å². The molecule has 178 valence electrons. The van der Waals surface area contributed by atoms with Gasteiger partial charge >= 0.3 is 0 Å². The second-order valence-electron chi connectivity index (χ2n) is 8.73. The Kier molecular flexibility index (Phi) is 8.47. The smallest absolute Gasteiger partial charge is 0.220 e. The number of carbonyl (C=O) groups excluding carboxylic acids is 1. The molecule has 0 saturated heterocycles. The maximum atomic E-state index is 13.5. The van der Waals surface area contributed by atoms with Gasteiger partial charge in [-0.15, -0.1) is 0 Å². The summed E-state index contributed by atoms with van der Waals surface area (Å²) in [4.78, 5) is 21.0. The van der Waals surface area contributed by atoms with Crippen LogP contribution in [0.25, 0.3) is 11.1 Å². The van der Waals surface area contributed by atoms with Crippen molar-refractivity contribution < 1.29 is 13.9 Å². The van der Waals surface area contributed by atoms with Crippen LogP contribution in [-0.2, 0) is 4.79 Å². The third-order valence-electron chi connectivity index (χ3n) is 6.34. The summed E-state index contributed by atoms with van der Waals surface area (Å²) < 4.78 is 19.0. The fourth-order valence-electron chi connectivity index (χ4n) is 4.50. The van der Waals surface area contributed by atoms with E-state index in [2.05, 4.69) is 15.3 Å². The van der Waals surface area contributed by atoms with Crippen molar-refractivity contribution >= 4 is 17.5 Å². The fourth-order valence-corrected chi connectivity index (χ4v) is 4.66. The van der Waals surface area contributed by atoms with E-state index in [0.717, 1.165) is 42.5 Å². The van der Waals surface area contributed by atoms with Gasteiger partial charge in [-0.1, -0.05) is 23.7 Å². The molecule has 2 heterocycles. The van der Waals surface area contributed by atoms with Gasteiger partial charge in [-0.2, -0.15) is 0 Å². The molecule has 7 heteroatoms. The van der Waals surface area contributed by atoms with E-state index < -0.39 is 0 Å². The monoisotopic (exact) mass is 481 g/mol. The molecule has 1 aromatic carbocycles. The first-order valence-corrected chi connectivity index (χ1v) is 12.2. The van der Waals surface area contributed by atoms with Crippen LogP contribution in [0.15, 0.2) is 61.1 Å².